The first-order valence-corrected chi connectivity index (χ1v) is 8.92. The zero-order chi connectivity index (χ0) is 19.3. The number of nitrogens with one attached hydrogen (secondary N) is 2. The van der Waals surface area contributed by atoms with Gasteiger partial charge in [-0.3, -0.25) is 20.2 Å². The van der Waals surface area contributed by atoms with E-state index in [1.54, 1.807) is 18.2 Å². The number of benzene rings is 2. The van der Waals surface area contributed by atoms with Crippen molar-refractivity contribution in [3.63, 3.8) is 0 Å². The second-order valence-electron chi connectivity index (χ2n) is 4.82. The van der Waals surface area contributed by atoms with Gasteiger partial charge in [-0.1, -0.05) is 15.9 Å². The Morgan fingerprint density at radius 3 is 2.62 bits per heavy atom. The number of ether oxygens (including phenoxy) is 1. The quantitative estimate of drug-likeness (QED) is 0.246. The van der Waals surface area contributed by atoms with E-state index in [0.717, 1.165) is 10.5 Å². The van der Waals surface area contributed by atoms with Crippen LogP contribution in [0, 0.1) is 10.1 Å². The first-order valence-electron chi connectivity index (χ1n) is 6.92. The van der Waals surface area contributed by atoms with Gasteiger partial charge in [-0.2, -0.15) is 0 Å². The molecule has 11 heteroatoms. The SMILES string of the molecule is O=C(COc1ccc(Br)cc1Br)NC(=S)Nc1ccc([N+](=O)[O-])cc1O. The molecule has 136 valence electrons. The molecule has 3 N–H and O–H groups in total. The summed E-state index contributed by atoms with van der Waals surface area (Å²) in [5.41, 5.74) is -0.144. The van der Waals surface area contributed by atoms with Crippen molar-refractivity contribution >= 4 is 66.5 Å². The second-order valence-corrected chi connectivity index (χ2v) is 7.00. The molecule has 0 fully saturated rings. The summed E-state index contributed by atoms with van der Waals surface area (Å²) >= 11 is 11.6. The number of non-ortho nitro benzene ring substituents is 1. The summed E-state index contributed by atoms with van der Waals surface area (Å²) in [6, 6.07) is 8.67. The molecular weight excluding hydrogens is 494 g/mol. The fourth-order valence-electron chi connectivity index (χ4n) is 1.79. The summed E-state index contributed by atoms with van der Waals surface area (Å²) in [6.07, 6.45) is 0. The largest absolute Gasteiger partial charge is 0.506 e. The number of carbonyl (C=O) groups is 1. The minimum Gasteiger partial charge on any atom is -0.506 e. The molecule has 0 aliphatic heterocycles. The molecule has 0 aliphatic carbocycles. The lowest BCUT2D eigenvalue weighted by atomic mass is 10.2. The summed E-state index contributed by atoms with van der Waals surface area (Å²) in [7, 11) is 0. The smallest absolute Gasteiger partial charge is 0.273 e. The predicted molar refractivity (Wildman–Crippen MR) is 106 cm³/mol. The van der Waals surface area contributed by atoms with E-state index in [1.165, 1.54) is 12.1 Å². The van der Waals surface area contributed by atoms with Crippen LogP contribution in [0.4, 0.5) is 11.4 Å². The molecule has 0 saturated carbocycles. The highest BCUT2D eigenvalue weighted by atomic mass is 79.9. The summed E-state index contributed by atoms with van der Waals surface area (Å²) in [5, 5.41) is 25.3. The van der Waals surface area contributed by atoms with Crippen LogP contribution in [0.25, 0.3) is 0 Å². The molecule has 1 amide bonds. The Kier molecular flexibility index (Phi) is 6.89. The lowest BCUT2D eigenvalue weighted by Gasteiger charge is -2.12. The van der Waals surface area contributed by atoms with Crippen molar-refractivity contribution in [1.82, 2.24) is 5.32 Å². The van der Waals surface area contributed by atoms with Gasteiger partial charge in [-0.05, 0) is 52.4 Å². The van der Waals surface area contributed by atoms with E-state index < -0.39 is 10.8 Å². The van der Waals surface area contributed by atoms with E-state index in [0.29, 0.717) is 10.2 Å². The third-order valence-corrected chi connectivity index (χ3v) is 4.26. The number of anilines is 1. The maximum absolute atomic E-state index is 11.9. The van der Waals surface area contributed by atoms with Gasteiger partial charge < -0.3 is 15.2 Å². The predicted octanol–water partition coefficient (Wildman–Crippen LogP) is 3.72. The number of phenolic OH excluding ortho intramolecular Hbond substituents is 1. The zero-order valence-corrected chi connectivity index (χ0v) is 16.9. The van der Waals surface area contributed by atoms with Crippen molar-refractivity contribution in [2.75, 3.05) is 11.9 Å². The number of carbonyl (C=O) groups excluding carboxylic acids is 1. The first kappa shape index (κ1) is 20.1. The monoisotopic (exact) mass is 503 g/mol. The number of nitro groups is 1. The van der Waals surface area contributed by atoms with Crippen molar-refractivity contribution in [2.45, 2.75) is 0 Å². The van der Waals surface area contributed by atoms with Gasteiger partial charge in [0.2, 0.25) is 0 Å². The van der Waals surface area contributed by atoms with E-state index in [9.17, 15) is 20.0 Å². The van der Waals surface area contributed by atoms with Gasteiger partial charge in [0.15, 0.2) is 11.7 Å². The van der Waals surface area contributed by atoms with Gasteiger partial charge in [0.1, 0.15) is 11.5 Å². The number of amides is 1. The Hall–Kier alpha value is -2.24. The van der Waals surface area contributed by atoms with Crippen LogP contribution in [-0.4, -0.2) is 27.7 Å². The molecule has 0 radical (unpaired) electrons. The average Bonchev–Trinajstić information content (AvgIpc) is 2.55. The highest BCUT2D eigenvalue weighted by molar-refractivity contribution is 9.11. The van der Waals surface area contributed by atoms with Crippen LogP contribution in [0.1, 0.15) is 0 Å². The number of hydrogen-bond donors (Lipinski definition) is 3. The topological polar surface area (TPSA) is 114 Å². The van der Waals surface area contributed by atoms with Crippen LogP contribution in [-0.2, 0) is 4.79 Å². The van der Waals surface area contributed by atoms with Crippen LogP contribution in [0.15, 0.2) is 45.3 Å². The standard InChI is InChI=1S/C15H11Br2N3O5S/c16-8-1-4-13(10(17)5-8)25-7-14(22)19-15(26)18-11-3-2-9(20(23)24)6-12(11)21/h1-6,21H,7H2,(H2,18,19,22,26). The molecule has 2 aromatic rings. The molecule has 2 rings (SSSR count). The Bertz CT molecular complexity index is 878. The third-order valence-electron chi connectivity index (χ3n) is 2.95. The number of phenols is 1. The fourth-order valence-corrected chi connectivity index (χ4v) is 3.18. The number of hydrogen-bond acceptors (Lipinski definition) is 6. The van der Waals surface area contributed by atoms with E-state index in [4.69, 9.17) is 17.0 Å². The average molecular weight is 505 g/mol. The van der Waals surface area contributed by atoms with Crippen LogP contribution in [0.3, 0.4) is 0 Å². The third kappa shape index (κ3) is 5.64. The van der Waals surface area contributed by atoms with E-state index in [2.05, 4.69) is 42.5 Å². The van der Waals surface area contributed by atoms with Gasteiger partial charge >= 0.3 is 0 Å². The molecule has 0 aliphatic rings. The first-order chi connectivity index (χ1) is 12.3. The van der Waals surface area contributed by atoms with E-state index in [1.807, 2.05) is 0 Å². The maximum atomic E-state index is 11.9. The molecule has 0 atom stereocenters. The van der Waals surface area contributed by atoms with Gasteiger partial charge in [0, 0.05) is 10.5 Å². The molecule has 0 bridgehead atoms. The number of nitrogens with zero attached hydrogens (tertiary/aromatic N) is 1. The number of aromatic hydroxyl groups is 1. The molecule has 8 nitrogen and oxygen atoms in total. The maximum Gasteiger partial charge on any atom is 0.273 e. The zero-order valence-electron chi connectivity index (χ0n) is 12.9. The van der Waals surface area contributed by atoms with Crippen molar-refractivity contribution in [3.8, 4) is 11.5 Å². The summed E-state index contributed by atoms with van der Waals surface area (Å²) in [4.78, 5) is 21.9. The number of halogens is 2. The van der Waals surface area contributed by atoms with Gasteiger partial charge in [0.25, 0.3) is 11.6 Å². The van der Waals surface area contributed by atoms with Crippen molar-refractivity contribution in [1.29, 1.82) is 0 Å². The Morgan fingerprint density at radius 1 is 1.27 bits per heavy atom. The molecule has 0 heterocycles. The number of thiocarbonyl (C=S) groups is 1. The van der Waals surface area contributed by atoms with Crippen LogP contribution in [0.2, 0.25) is 0 Å². The Morgan fingerprint density at radius 2 is 2.00 bits per heavy atom. The fraction of sp³-hybridized carbons (Fsp3) is 0.0667. The highest BCUT2D eigenvalue weighted by Gasteiger charge is 2.12. The molecule has 0 aromatic heterocycles. The molecule has 26 heavy (non-hydrogen) atoms. The molecule has 0 unspecified atom stereocenters. The van der Waals surface area contributed by atoms with Crippen molar-refractivity contribution in [3.05, 3.63) is 55.5 Å². The Balaban J connectivity index is 1.89. The lowest BCUT2D eigenvalue weighted by molar-refractivity contribution is -0.384. The van der Waals surface area contributed by atoms with Gasteiger partial charge in [0.05, 0.1) is 21.1 Å². The van der Waals surface area contributed by atoms with Crippen LogP contribution in [0.5, 0.6) is 11.5 Å². The van der Waals surface area contributed by atoms with E-state index >= 15 is 0 Å². The van der Waals surface area contributed by atoms with Crippen molar-refractivity contribution < 1.29 is 19.6 Å². The summed E-state index contributed by atoms with van der Waals surface area (Å²) in [5.74, 6) is -0.403. The minimum absolute atomic E-state index is 0.0855. The number of nitro benzene ring substituents is 1. The van der Waals surface area contributed by atoms with E-state index in [-0.39, 0.29) is 28.8 Å². The molecule has 2 aromatic carbocycles. The van der Waals surface area contributed by atoms with Crippen LogP contribution < -0.4 is 15.4 Å². The molecule has 0 spiro atoms. The molecule has 0 saturated heterocycles. The van der Waals surface area contributed by atoms with Gasteiger partial charge in [-0.25, -0.2) is 0 Å². The normalized spacial score (nSPS) is 10.1. The van der Waals surface area contributed by atoms with Crippen molar-refractivity contribution in [2.24, 2.45) is 0 Å². The van der Waals surface area contributed by atoms with Crippen LogP contribution >= 0.6 is 44.1 Å². The van der Waals surface area contributed by atoms with Gasteiger partial charge in [-0.15, -0.1) is 0 Å². The Labute approximate surface area is 169 Å². The summed E-state index contributed by atoms with van der Waals surface area (Å²) < 4.78 is 6.91. The second kappa shape index (κ2) is 8.92. The number of rotatable bonds is 5. The summed E-state index contributed by atoms with van der Waals surface area (Å²) in [6.45, 7) is -0.283. The molecular formula is C15H11Br2N3O5S. The highest BCUT2D eigenvalue weighted by Crippen LogP contribution is 2.28. The minimum atomic E-state index is -0.638. The lowest BCUT2D eigenvalue weighted by Crippen LogP contribution is -2.37.